The van der Waals surface area contributed by atoms with Crippen molar-refractivity contribution in [1.82, 2.24) is 4.90 Å². The number of nitrogens with zero attached hydrogens (tertiary/aromatic N) is 1. The molecule has 0 aromatic rings. The Bertz CT molecular complexity index is 486. The van der Waals surface area contributed by atoms with Crippen molar-refractivity contribution in [3.63, 3.8) is 0 Å². The molecule has 0 radical (unpaired) electrons. The van der Waals surface area contributed by atoms with Crippen molar-refractivity contribution in [1.29, 1.82) is 0 Å². The first-order valence-corrected chi connectivity index (χ1v) is 7.24. The zero-order valence-electron chi connectivity index (χ0n) is 10.2. The molecule has 2 rings (SSSR count). The van der Waals surface area contributed by atoms with Crippen molar-refractivity contribution in [3.8, 4) is 0 Å². The number of ether oxygens (including phenoxy) is 1. The van der Waals surface area contributed by atoms with E-state index < -0.39 is 38.8 Å². The molecule has 2 aliphatic rings. The number of rotatable bonds is 4. The van der Waals surface area contributed by atoms with Crippen LogP contribution in [0.5, 0.6) is 0 Å². The summed E-state index contributed by atoms with van der Waals surface area (Å²) in [6.45, 7) is -0.618. The Morgan fingerprint density at radius 2 is 2.20 bits per heavy atom. The highest BCUT2D eigenvalue weighted by Gasteiger charge is 2.39. The second kappa shape index (κ2) is 5.72. The summed E-state index contributed by atoms with van der Waals surface area (Å²) in [7, 11) is -5.15. The van der Waals surface area contributed by atoms with Crippen molar-refractivity contribution < 1.29 is 38.3 Å². The van der Waals surface area contributed by atoms with E-state index >= 15 is 0 Å². The number of carbonyl (C=O) groups is 2. The summed E-state index contributed by atoms with van der Waals surface area (Å²) in [5.74, 6) is -0.807. The van der Waals surface area contributed by atoms with Gasteiger partial charge in [0.05, 0.1) is 27.0 Å². The van der Waals surface area contributed by atoms with Crippen LogP contribution in [0, 0.1) is 0 Å². The number of hydrogen-bond donors (Lipinski definition) is 1. The molecular formula is C10H12NO8P-2. The first-order valence-electron chi connectivity index (χ1n) is 5.78. The Kier molecular flexibility index (Phi) is 4.38. The van der Waals surface area contributed by atoms with Crippen LogP contribution in [0.4, 0.5) is 0 Å². The first-order chi connectivity index (χ1) is 9.26. The Morgan fingerprint density at radius 1 is 1.50 bits per heavy atom. The van der Waals surface area contributed by atoms with E-state index in [4.69, 9.17) is 4.74 Å². The van der Waals surface area contributed by atoms with Crippen LogP contribution in [0.2, 0.25) is 0 Å². The van der Waals surface area contributed by atoms with Crippen LogP contribution in [-0.2, 0) is 23.4 Å². The van der Waals surface area contributed by atoms with Crippen LogP contribution in [0.1, 0.15) is 12.8 Å². The molecule has 2 aliphatic heterocycles. The largest absolute Gasteiger partial charge is 0.790 e. The van der Waals surface area contributed by atoms with Crippen molar-refractivity contribution in [2.75, 3.05) is 6.61 Å². The number of aliphatic hydroxyl groups is 1. The van der Waals surface area contributed by atoms with Crippen molar-refractivity contribution in [3.05, 3.63) is 12.3 Å². The SMILES string of the molecule is O=C1C=CN([C@H]2CC(O)[C@@H](COP(=O)([O-])[O-])O2)C(=O)C1. The van der Waals surface area contributed by atoms with E-state index in [1.165, 1.54) is 12.3 Å². The molecule has 3 atom stereocenters. The maximum Gasteiger partial charge on any atom is 0.236 e. The van der Waals surface area contributed by atoms with Gasteiger partial charge >= 0.3 is 0 Å². The Balaban J connectivity index is 1.96. The predicted molar refractivity (Wildman–Crippen MR) is 58.5 cm³/mol. The zero-order valence-corrected chi connectivity index (χ0v) is 11.1. The minimum absolute atomic E-state index is 0.0281. The van der Waals surface area contributed by atoms with Crippen LogP contribution in [-0.4, -0.2) is 46.7 Å². The van der Waals surface area contributed by atoms with Crippen LogP contribution < -0.4 is 9.79 Å². The van der Waals surface area contributed by atoms with Gasteiger partial charge in [-0.2, -0.15) is 0 Å². The standard InChI is InChI=1S/C10H14NO8P/c12-6-1-2-11(9(14)3-6)10-4-7(13)8(19-10)5-18-20(15,16)17/h1-2,7-8,10,13H,3-5H2,(H2,15,16,17)/p-2/t7?,8-,10-/m1/s1. The minimum Gasteiger partial charge on any atom is -0.790 e. The Hall–Kier alpha value is -1.09. The van der Waals surface area contributed by atoms with Gasteiger partial charge in [0.15, 0.2) is 5.78 Å². The number of allylic oxidation sites excluding steroid dienone is 1. The number of phosphoric ester groups is 1. The van der Waals surface area contributed by atoms with Gasteiger partial charge < -0.3 is 28.7 Å². The predicted octanol–water partition coefficient (Wildman–Crippen LogP) is -2.38. The molecular weight excluding hydrogens is 293 g/mol. The molecule has 0 saturated carbocycles. The number of aliphatic hydroxyl groups excluding tert-OH is 1. The fraction of sp³-hybridized carbons (Fsp3) is 0.600. The van der Waals surface area contributed by atoms with E-state index in [9.17, 15) is 29.0 Å². The summed E-state index contributed by atoms with van der Waals surface area (Å²) >= 11 is 0. The van der Waals surface area contributed by atoms with Gasteiger partial charge in [-0.1, -0.05) is 0 Å². The third-order valence-corrected chi connectivity index (χ3v) is 3.41. The molecule has 9 nitrogen and oxygen atoms in total. The third-order valence-electron chi connectivity index (χ3n) is 2.95. The quantitative estimate of drug-likeness (QED) is 0.448. The van der Waals surface area contributed by atoms with E-state index in [1.54, 1.807) is 0 Å². The number of ketones is 1. The average Bonchev–Trinajstić information content (AvgIpc) is 2.67. The van der Waals surface area contributed by atoms with E-state index in [0.29, 0.717) is 0 Å². The number of amides is 1. The Morgan fingerprint density at radius 3 is 2.80 bits per heavy atom. The highest BCUT2D eigenvalue weighted by Crippen LogP contribution is 2.30. The maximum absolute atomic E-state index is 11.6. The first kappa shape index (κ1) is 15.3. The summed E-state index contributed by atoms with van der Waals surface area (Å²) in [5, 5.41) is 9.70. The molecule has 10 heteroatoms. The summed E-state index contributed by atoms with van der Waals surface area (Å²) < 4.78 is 19.7. The van der Waals surface area contributed by atoms with Crippen LogP contribution in [0.25, 0.3) is 0 Å². The number of phosphoric acid groups is 1. The fourth-order valence-electron chi connectivity index (χ4n) is 2.00. The lowest BCUT2D eigenvalue weighted by Crippen LogP contribution is -2.39. The molecule has 0 bridgehead atoms. The van der Waals surface area contributed by atoms with Gasteiger partial charge in [0.25, 0.3) is 0 Å². The lowest BCUT2D eigenvalue weighted by Gasteiger charge is -2.31. The highest BCUT2D eigenvalue weighted by molar-refractivity contribution is 7.43. The molecule has 2 heterocycles. The van der Waals surface area contributed by atoms with Gasteiger partial charge in [0, 0.05) is 12.6 Å². The van der Waals surface area contributed by atoms with Crippen LogP contribution in [0.15, 0.2) is 12.3 Å². The lowest BCUT2D eigenvalue weighted by atomic mass is 10.1. The second-order valence-electron chi connectivity index (χ2n) is 4.44. The fourth-order valence-corrected chi connectivity index (χ4v) is 2.33. The average molecular weight is 305 g/mol. The zero-order chi connectivity index (χ0) is 14.9. The molecule has 1 amide bonds. The molecule has 0 spiro atoms. The highest BCUT2D eigenvalue weighted by atomic mass is 31.2. The molecule has 1 N–H and O–H groups in total. The molecule has 1 fully saturated rings. The van der Waals surface area contributed by atoms with Gasteiger partial charge in [-0.05, 0) is 6.08 Å². The minimum atomic E-state index is -5.15. The molecule has 0 aromatic carbocycles. The summed E-state index contributed by atoms with van der Waals surface area (Å²) in [5.41, 5.74) is 0. The summed E-state index contributed by atoms with van der Waals surface area (Å²) in [6.07, 6.45) is -0.733. The third kappa shape index (κ3) is 3.72. The van der Waals surface area contributed by atoms with Crippen LogP contribution in [0.3, 0.4) is 0 Å². The van der Waals surface area contributed by atoms with E-state index in [2.05, 4.69) is 4.52 Å². The maximum atomic E-state index is 11.6. The van der Waals surface area contributed by atoms with Crippen molar-refractivity contribution in [2.24, 2.45) is 0 Å². The van der Waals surface area contributed by atoms with Crippen molar-refractivity contribution >= 4 is 19.5 Å². The Labute approximate surface area is 114 Å². The molecule has 112 valence electrons. The summed E-state index contributed by atoms with van der Waals surface area (Å²) in [6, 6.07) is 0. The van der Waals surface area contributed by atoms with E-state index in [1.807, 2.05) is 0 Å². The molecule has 20 heavy (non-hydrogen) atoms. The van der Waals surface area contributed by atoms with Gasteiger partial charge in [-0.25, -0.2) is 0 Å². The summed E-state index contributed by atoms with van der Waals surface area (Å²) in [4.78, 5) is 44.6. The second-order valence-corrected chi connectivity index (χ2v) is 5.59. The monoisotopic (exact) mass is 305 g/mol. The normalized spacial score (nSPS) is 31.1. The lowest BCUT2D eigenvalue weighted by molar-refractivity contribution is -0.343. The van der Waals surface area contributed by atoms with Crippen molar-refractivity contribution in [2.45, 2.75) is 31.3 Å². The van der Waals surface area contributed by atoms with Gasteiger partial charge in [0.2, 0.25) is 5.91 Å². The van der Waals surface area contributed by atoms with Gasteiger partial charge in [-0.3, -0.25) is 14.5 Å². The van der Waals surface area contributed by atoms with E-state index in [0.717, 1.165) is 4.90 Å². The topological polar surface area (TPSA) is 139 Å². The smallest absolute Gasteiger partial charge is 0.236 e. The van der Waals surface area contributed by atoms with Crippen LogP contribution >= 0.6 is 7.82 Å². The number of carbonyl (C=O) groups excluding carboxylic acids is 2. The molecule has 0 aliphatic carbocycles. The van der Waals surface area contributed by atoms with E-state index in [-0.39, 0.29) is 18.6 Å². The molecule has 1 saturated heterocycles. The number of hydrogen-bond acceptors (Lipinski definition) is 8. The van der Waals surface area contributed by atoms with Gasteiger partial charge in [-0.15, -0.1) is 0 Å². The molecule has 1 unspecified atom stereocenters. The molecule has 0 aromatic heterocycles. The van der Waals surface area contributed by atoms with Gasteiger partial charge in [0.1, 0.15) is 12.3 Å².